The third kappa shape index (κ3) is 2.23. The van der Waals surface area contributed by atoms with E-state index in [9.17, 15) is 9.59 Å². The van der Waals surface area contributed by atoms with Crippen molar-refractivity contribution in [1.29, 1.82) is 0 Å². The number of fused-ring (bicyclic) bond motifs is 5. The predicted octanol–water partition coefficient (Wildman–Crippen LogP) is 4.31. The fraction of sp³-hybridized carbons (Fsp3) is 0.810. The molecule has 0 aromatic rings. The molecule has 0 aliphatic heterocycles. The first kappa shape index (κ1) is 16.4. The van der Waals surface area contributed by atoms with Crippen LogP contribution in [0.3, 0.4) is 0 Å². The molecule has 0 heterocycles. The van der Waals surface area contributed by atoms with Crippen LogP contribution in [0.1, 0.15) is 65.7 Å². The molecule has 24 heavy (non-hydrogen) atoms. The van der Waals surface area contributed by atoms with E-state index in [1.54, 1.807) is 0 Å². The minimum Gasteiger partial charge on any atom is -0.458 e. The Morgan fingerprint density at radius 2 is 1.96 bits per heavy atom. The van der Waals surface area contributed by atoms with Gasteiger partial charge in [-0.2, -0.15) is 0 Å². The van der Waals surface area contributed by atoms with Crippen LogP contribution in [0.5, 0.6) is 0 Å². The highest BCUT2D eigenvalue weighted by Crippen LogP contribution is 2.64. The molecule has 7 atom stereocenters. The van der Waals surface area contributed by atoms with Gasteiger partial charge in [-0.15, -0.1) is 0 Å². The zero-order valence-corrected chi connectivity index (χ0v) is 15.2. The minimum atomic E-state index is -0.181. The Hall–Kier alpha value is -1.12. The first-order valence-electron chi connectivity index (χ1n) is 9.74. The van der Waals surface area contributed by atoms with Gasteiger partial charge in [-0.05, 0) is 73.7 Å². The van der Waals surface area contributed by atoms with Gasteiger partial charge in [0.15, 0.2) is 0 Å². The molecule has 0 radical (unpaired) electrons. The standard InChI is InChI=1S/C21H30O3/c1-13(22)24-15-8-10-20(2)14(12-15)4-5-16-17-6-7-19(23)21(17,3)11-9-18(16)20/h8,10,14-18H,4-7,9,11-12H2,1-3H3/t14?,15?,16?,17?,18?,20-,21-/m0/s1. The molecule has 0 saturated heterocycles. The minimum absolute atomic E-state index is 0.0387. The largest absolute Gasteiger partial charge is 0.458 e. The van der Waals surface area contributed by atoms with Crippen molar-refractivity contribution in [3.8, 4) is 0 Å². The Balaban J connectivity index is 1.60. The molecule has 3 saturated carbocycles. The summed E-state index contributed by atoms with van der Waals surface area (Å²) in [5.74, 6) is 2.93. The fourth-order valence-electron chi connectivity index (χ4n) is 6.85. The van der Waals surface area contributed by atoms with E-state index in [1.807, 2.05) is 0 Å². The highest BCUT2D eigenvalue weighted by Gasteiger charge is 2.59. The summed E-state index contributed by atoms with van der Waals surface area (Å²) in [6, 6.07) is 0. The number of ether oxygens (including phenoxy) is 1. The zero-order chi connectivity index (χ0) is 17.1. The molecular weight excluding hydrogens is 300 g/mol. The van der Waals surface area contributed by atoms with E-state index in [4.69, 9.17) is 4.74 Å². The zero-order valence-electron chi connectivity index (χ0n) is 15.2. The van der Waals surface area contributed by atoms with Crippen LogP contribution in [0.15, 0.2) is 12.2 Å². The van der Waals surface area contributed by atoms with Crippen molar-refractivity contribution < 1.29 is 14.3 Å². The second kappa shape index (κ2) is 5.44. The third-order valence-corrected chi connectivity index (χ3v) is 8.18. The van der Waals surface area contributed by atoms with E-state index in [0.29, 0.717) is 29.5 Å². The van der Waals surface area contributed by atoms with Gasteiger partial charge >= 0.3 is 5.97 Å². The van der Waals surface area contributed by atoms with Crippen molar-refractivity contribution in [3.63, 3.8) is 0 Å². The molecule has 4 aliphatic carbocycles. The molecule has 4 aliphatic rings. The quantitative estimate of drug-likeness (QED) is 0.531. The molecule has 132 valence electrons. The van der Waals surface area contributed by atoms with E-state index in [-0.39, 0.29) is 22.9 Å². The van der Waals surface area contributed by atoms with Crippen LogP contribution in [-0.4, -0.2) is 17.9 Å². The third-order valence-electron chi connectivity index (χ3n) is 8.18. The maximum Gasteiger partial charge on any atom is 0.303 e. The monoisotopic (exact) mass is 330 g/mol. The summed E-state index contributed by atoms with van der Waals surface area (Å²) in [6.45, 7) is 6.16. The van der Waals surface area contributed by atoms with Crippen molar-refractivity contribution in [2.24, 2.45) is 34.5 Å². The van der Waals surface area contributed by atoms with Crippen LogP contribution in [0.25, 0.3) is 0 Å². The van der Waals surface area contributed by atoms with Gasteiger partial charge in [0.05, 0.1) is 0 Å². The molecule has 4 rings (SSSR count). The number of hydrogen-bond acceptors (Lipinski definition) is 3. The van der Waals surface area contributed by atoms with Crippen molar-refractivity contribution in [2.45, 2.75) is 71.8 Å². The number of esters is 1. The fourth-order valence-corrected chi connectivity index (χ4v) is 6.85. The van der Waals surface area contributed by atoms with Gasteiger partial charge < -0.3 is 4.74 Å². The Kier molecular flexibility index (Phi) is 3.71. The number of allylic oxidation sites excluding steroid dienone is 1. The second-order valence-corrected chi connectivity index (χ2v) is 9.18. The number of carbonyl (C=O) groups is 2. The van der Waals surface area contributed by atoms with Gasteiger partial charge in [0.1, 0.15) is 11.9 Å². The summed E-state index contributed by atoms with van der Waals surface area (Å²) in [6.07, 6.45) is 12.0. The average molecular weight is 330 g/mol. The summed E-state index contributed by atoms with van der Waals surface area (Å²) in [7, 11) is 0. The highest BCUT2D eigenvalue weighted by molar-refractivity contribution is 5.87. The number of Topliss-reactive ketones (excluding diaryl/α,β-unsaturated/α-hetero) is 1. The van der Waals surface area contributed by atoms with Gasteiger partial charge in [-0.1, -0.05) is 19.9 Å². The van der Waals surface area contributed by atoms with Gasteiger partial charge in [0, 0.05) is 18.8 Å². The van der Waals surface area contributed by atoms with E-state index in [2.05, 4.69) is 26.0 Å². The Morgan fingerprint density at radius 1 is 1.17 bits per heavy atom. The van der Waals surface area contributed by atoms with Gasteiger partial charge in [-0.25, -0.2) is 0 Å². The van der Waals surface area contributed by atoms with E-state index in [0.717, 1.165) is 25.7 Å². The van der Waals surface area contributed by atoms with Crippen molar-refractivity contribution in [1.82, 2.24) is 0 Å². The van der Waals surface area contributed by atoms with Crippen LogP contribution < -0.4 is 0 Å². The number of ketones is 1. The Labute approximate surface area is 145 Å². The maximum atomic E-state index is 12.5. The lowest BCUT2D eigenvalue weighted by atomic mass is 9.46. The summed E-state index contributed by atoms with van der Waals surface area (Å²) in [4.78, 5) is 23.7. The predicted molar refractivity (Wildman–Crippen MR) is 92.2 cm³/mol. The average Bonchev–Trinajstić information content (AvgIpc) is 2.83. The molecule has 0 amide bonds. The molecule has 5 unspecified atom stereocenters. The number of carbonyl (C=O) groups excluding carboxylic acids is 2. The van der Waals surface area contributed by atoms with Crippen molar-refractivity contribution >= 4 is 11.8 Å². The molecule has 3 nitrogen and oxygen atoms in total. The lowest BCUT2D eigenvalue weighted by Gasteiger charge is -2.58. The smallest absolute Gasteiger partial charge is 0.303 e. The molecule has 0 bridgehead atoms. The maximum absolute atomic E-state index is 12.5. The van der Waals surface area contributed by atoms with Crippen LogP contribution in [-0.2, 0) is 14.3 Å². The van der Waals surface area contributed by atoms with E-state index >= 15 is 0 Å². The molecule has 3 fully saturated rings. The van der Waals surface area contributed by atoms with Gasteiger partial charge in [-0.3, -0.25) is 9.59 Å². The van der Waals surface area contributed by atoms with Crippen LogP contribution in [0, 0.1) is 34.5 Å². The van der Waals surface area contributed by atoms with E-state index < -0.39 is 0 Å². The SMILES string of the molecule is CC(=O)OC1C=C[C@@]2(C)C(CCC3C2CC[C@]2(C)C(=O)CCC32)C1. The summed E-state index contributed by atoms with van der Waals surface area (Å²) < 4.78 is 5.45. The summed E-state index contributed by atoms with van der Waals surface area (Å²) in [5.41, 5.74) is 0.176. The van der Waals surface area contributed by atoms with Crippen LogP contribution >= 0.6 is 0 Å². The molecule has 0 spiro atoms. The highest BCUT2D eigenvalue weighted by atomic mass is 16.5. The summed E-state index contributed by atoms with van der Waals surface area (Å²) in [5, 5.41) is 0. The van der Waals surface area contributed by atoms with E-state index in [1.165, 1.54) is 26.2 Å². The first-order chi connectivity index (χ1) is 11.3. The van der Waals surface area contributed by atoms with Crippen molar-refractivity contribution in [3.05, 3.63) is 12.2 Å². The molecule has 0 N–H and O–H groups in total. The van der Waals surface area contributed by atoms with Crippen molar-refractivity contribution in [2.75, 3.05) is 0 Å². The van der Waals surface area contributed by atoms with Crippen LogP contribution in [0.4, 0.5) is 0 Å². The first-order valence-corrected chi connectivity index (χ1v) is 9.74. The molecule has 0 aromatic heterocycles. The number of rotatable bonds is 1. The van der Waals surface area contributed by atoms with Gasteiger partial charge in [0.25, 0.3) is 0 Å². The second-order valence-electron chi connectivity index (χ2n) is 9.18. The summed E-state index contributed by atoms with van der Waals surface area (Å²) >= 11 is 0. The molecular formula is C21H30O3. The number of hydrogen-bond donors (Lipinski definition) is 0. The van der Waals surface area contributed by atoms with Crippen LogP contribution in [0.2, 0.25) is 0 Å². The Morgan fingerprint density at radius 3 is 2.71 bits per heavy atom. The normalized spacial score (nSPS) is 50.0. The lowest BCUT2D eigenvalue weighted by Crippen LogP contribution is -2.52. The lowest BCUT2D eigenvalue weighted by molar-refractivity contribution is -0.147. The molecule has 0 aromatic carbocycles. The van der Waals surface area contributed by atoms with Gasteiger partial charge in [0.2, 0.25) is 0 Å². The Bertz CT molecular complexity index is 594. The molecule has 3 heteroatoms. The topological polar surface area (TPSA) is 43.4 Å².